The van der Waals surface area contributed by atoms with E-state index in [0.717, 1.165) is 48.4 Å². The number of nitrogens with one attached hydrogen (secondary N) is 2. The van der Waals surface area contributed by atoms with E-state index in [2.05, 4.69) is 32.1 Å². The molecule has 21 heavy (non-hydrogen) atoms. The first-order chi connectivity index (χ1) is 10.4. The summed E-state index contributed by atoms with van der Waals surface area (Å²) in [6, 6.07) is 1.94. The molecule has 1 aliphatic heterocycles. The van der Waals surface area contributed by atoms with E-state index in [-0.39, 0.29) is 6.29 Å². The van der Waals surface area contributed by atoms with Crippen molar-refractivity contribution in [1.29, 1.82) is 0 Å². The van der Waals surface area contributed by atoms with Gasteiger partial charge in [-0.25, -0.2) is 9.97 Å². The zero-order valence-electron chi connectivity index (χ0n) is 12.0. The Labute approximate surface area is 123 Å². The van der Waals surface area contributed by atoms with Gasteiger partial charge in [-0.15, -0.1) is 0 Å². The fourth-order valence-electron chi connectivity index (χ4n) is 2.31. The highest BCUT2D eigenvalue weighted by Gasteiger charge is 2.12. The first-order valence-electron chi connectivity index (χ1n) is 7.10. The van der Waals surface area contributed by atoms with Crippen molar-refractivity contribution in [2.45, 2.75) is 25.6 Å². The second-order valence-corrected chi connectivity index (χ2v) is 4.83. The summed E-state index contributed by atoms with van der Waals surface area (Å²) in [5.74, 6) is 6.83. The van der Waals surface area contributed by atoms with Crippen LogP contribution in [-0.2, 0) is 9.47 Å². The zero-order valence-corrected chi connectivity index (χ0v) is 12.0. The third kappa shape index (κ3) is 3.32. The van der Waals surface area contributed by atoms with Gasteiger partial charge in [-0.2, -0.15) is 0 Å². The zero-order chi connectivity index (χ0) is 14.5. The summed E-state index contributed by atoms with van der Waals surface area (Å²) < 4.78 is 11.1. The molecule has 6 heteroatoms. The lowest BCUT2D eigenvalue weighted by Crippen LogP contribution is -2.22. The van der Waals surface area contributed by atoms with Crippen LogP contribution in [0.5, 0.6) is 0 Å². The standard InChI is InChI=1S/C15H18N4O2/c1-16-14-12-9-11(19-15(12)18-10-17-14)5-4-8-21-13-6-2-3-7-20-13/h9-10,13H,2-3,6-8H2,1H3,(H2,16,17,18,19). The lowest BCUT2D eigenvalue weighted by Gasteiger charge is -2.21. The van der Waals surface area contributed by atoms with Crippen LogP contribution < -0.4 is 5.32 Å². The Bertz CT molecular complexity index is 665. The van der Waals surface area contributed by atoms with Crippen LogP contribution in [0.15, 0.2) is 12.4 Å². The van der Waals surface area contributed by atoms with Crippen LogP contribution in [0.4, 0.5) is 5.82 Å². The fourth-order valence-corrected chi connectivity index (χ4v) is 2.31. The van der Waals surface area contributed by atoms with Gasteiger partial charge in [0.2, 0.25) is 0 Å². The normalized spacial score (nSPS) is 18.2. The number of aromatic nitrogens is 3. The number of fused-ring (bicyclic) bond motifs is 1. The van der Waals surface area contributed by atoms with E-state index in [1.165, 1.54) is 6.33 Å². The number of anilines is 1. The molecule has 0 aromatic carbocycles. The van der Waals surface area contributed by atoms with Gasteiger partial charge in [0.15, 0.2) is 6.29 Å². The second kappa shape index (κ2) is 6.57. The molecule has 0 spiro atoms. The number of hydrogen-bond donors (Lipinski definition) is 2. The van der Waals surface area contributed by atoms with E-state index >= 15 is 0 Å². The van der Waals surface area contributed by atoms with E-state index < -0.39 is 0 Å². The summed E-state index contributed by atoms with van der Waals surface area (Å²) in [7, 11) is 1.83. The van der Waals surface area contributed by atoms with Gasteiger partial charge in [0.05, 0.1) is 11.1 Å². The highest BCUT2D eigenvalue weighted by atomic mass is 16.7. The Hall–Kier alpha value is -2.10. The fraction of sp³-hybridized carbons (Fsp3) is 0.467. The van der Waals surface area contributed by atoms with Crippen molar-refractivity contribution in [3.05, 3.63) is 18.1 Å². The summed E-state index contributed by atoms with van der Waals surface area (Å²) in [6.45, 7) is 1.15. The summed E-state index contributed by atoms with van der Waals surface area (Å²) in [5.41, 5.74) is 1.57. The lowest BCUT2D eigenvalue weighted by atomic mass is 10.2. The molecule has 2 N–H and O–H groups in total. The van der Waals surface area contributed by atoms with Gasteiger partial charge >= 0.3 is 0 Å². The first-order valence-corrected chi connectivity index (χ1v) is 7.10. The van der Waals surface area contributed by atoms with E-state index in [0.29, 0.717) is 6.61 Å². The van der Waals surface area contributed by atoms with Gasteiger partial charge < -0.3 is 19.8 Å². The Morgan fingerprint density at radius 2 is 2.43 bits per heavy atom. The number of rotatable bonds is 3. The molecular weight excluding hydrogens is 268 g/mol. The van der Waals surface area contributed by atoms with Gasteiger partial charge in [0, 0.05) is 13.7 Å². The van der Waals surface area contributed by atoms with Crippen molar-refractivity contribution in [1.82, 2.24) is 15.0 Å². The van der Waals surface area contributed by atoms with Crippen LogP contribution in [0.1, 0.15) is 25.0 Å². The van der Waals surface area contributed by atoms with Crippen LogP contribution in [0, 0.1) is 11.8 Å². The molecule has 110 valence electrons. The Morgan fingerprint density at radius 3 is 3.24 bits per heavy atom. The third-order valence-corrected chi connectivity index (χ3v) is 3.36. The van der Waals surface area contributed by atoms with Crippen molar-refractivity contribution < 1.29 is 9.47 Å². The Kier molecular flexibility index (Phi) is 4.34. The molecule has 3 rings (SSSR count). The Morgan fingerprint density at radius 1 is 1.48 bits per heavy atom. The molecule has 3 heterocycles. The van der Waals surface area contributed by atoms with E-state index in [1.54, 1.807) is 0 Å². The average Bonchev–Trinajstić information content (AvgIpc) is 2.95. The molecule has 0 radical (unpaired) electrons. The minimum atomic E-state index is -0.0995. The number of H-pyrrole nitrogens is 1. The predicted molar refractivity (Wildman–Crippen MR) is 79.9 cm³/mol. The number of hydrogen-bond acceptors (Lipinski definition) is 5. The van der Waals surface area contributed by atoms with E-state index in [4.69, 9.17) is 9.47 Å². The molecule has 1 fully saturated rings. The van der Waals surface area contributed by atoms with Gasteiger partial charge in [-0.3, -0.25) is 0 Å². The molecule has 2 aromatic rings. The largest absolute Gasteiger partial charge is 0.372 e. The molecule has 1 saturated heterocycles. The molecule has 6 nitrogen and oxygen atoms in total. The van der Waals surface area contributed by atoms with E-state index in [9.17, 15) is 0 Å². The smallest absolute Gasteiger partial charge is 0.158 e. The summed E-state index contributed by atoms with van der Waals surface area (Å²) in [4.78, 5) is 11.5. The lowest BCUT2D eigenvalue weighted by molar-refractivity contribution is -0.154. The van der Waals surface area contributed by atoms with Gasteiger partial charge in [0.1, 0.15) is 24.4 Å². The van der Waals surface area contributed by atoms with Crippen molar-refractivity contribution in [2.24, 2.45) is 0 Å². The quantitative estimate of drug-likeness (QED) is 0.843. The second-order valence-electron chi connectivity index (χ2n) is 4.83. The van der Waals surface area contributed by atoms with Gasteiger partial charge in [-0.05, 0) is 31.2 Å². The Balaban J connectivity index is 1.64. The van der Waals surface area contributed by atoms with Crippen LogP contribution in [0.25, 0.3) is 11.0 Å². The summed E-state index contributed by atoms with van der Waals surface area (Å²) in [5, 5.41) is 3.96. The molecule has 1 atom stereocenters. The number of aromatic amines is 1. The van der Waals surface area contributed by atoms with Crippen molar-refractivity contribution in [3.63, 3.8) is 0 Å². The predicted octanol–water partition coefficient (Wildman–Crippen LogP) is 1.89. The minimum absolute atomic E-state index is 0.0995. The minimum Gasteiger partial charge on any atom is -0.372 e. The molecule has 0 amide bonds. The van der Waals surface area contributed by atoms with Crippen LogP contribution in [0.2, 0.25) is 0 Å². The molecule has 2 aromatic heterocycles. The van der Waals surface area contributed by atoms with Crippen LogP contribution in [0.3, 0.4) is 0 Å². The summed E-state index contributed by atoms with van der Waals surface area (Å²) in [6.07, 6.45) is 4.65. The number of ether oxygens (including phenoxy) is 2. The summed E-state index contributed by atoms with van der Waals surface area (Å²) >= 11 is 0. The maximum absolute atomic E-state index is 5.57. The first kappa shape index (κ1) is 13.9. The van der Waals surface area contributed by atoms with E-state index in [1.807, 2.05) is 13.1 Å². The molecule has 1 aliphatic rings. The molecule has 0 bridgehead atoms. The van der Waals surface area contributed by atoms with Crippen molar-refractivity contribution in [3.8, 4) is 11.8 Å². The molecule has 0 saturated carbocycles. The molecule has 0 aliphatic carbocycles. The highest BCUT2D eigenvalue weighted by molar-refractivity contribution is 5.88. The topological polar surface area (TPSA) is 72.1 Å². The molecule has 1 unspecified atom stereocenters. The van der Waals surface area contributed by atoms with Gasteiger partial charge in [-0.1, -0.05) is 5.92 Å². The number of nitrogens with zero attached hydrogens (tertiary/aromatic N) is 2. The van der Waals surface area contributed by atoms with Gasteiger partial charge in [0.25, 0.3) is 0 Å². The molecular formula is C15H18N4O2. The average molecular weight is 286 g/mol. The van der Waals surface area contributed by atoms with Crippen LogP contribution >= 0.6 is 0 Å². The maximum Gasteiger partial charge on any atom is 0.158 e. The van der Waals surface area contributed by atoms with Crippen molar-refractivity contribution >= 4 is 16.9 Å². The SMILES string of the molecule is CNc1ncnc2[nH]c(C#CCOC3CCCCO3)cc12. The monoisotopic (exact) mass is 286 g/mol. The maximum atomic E-state index is 5.57. The third-order valence-electron chi connectivity index (χ3n) is 3.36. The highest BCUT2D eigenvalue weighted by Crippen LogP contribution is 2.19. The van der Waals surface area contributed by atoms with Crippen molar-refractivity contribution in [2.75, 3.05) is 25.6 Å². The van der Waals surface area contributed by atoms with Crippen LogP contribution in [-0.4, -0.2) is 41.5 Å².